The summed E-state index contributed by atoms with van der Waals surface area (Å²) in [5.41, 5.74) is 2.29. The Bertz CT molecular complexity index is 837. The number of hydrogen-bond donors (Lipinski definition) is 1. The zero-order valence-corrected chi connectivity index (χ0v) is 13.2. The number of alkyl halides is 2. The van der Waals surface area contributed by atoms with Crippen molar-refractivity contribution in [1.29, 1.82) is 0 Å². The van der Waals surface area contributed by atoms with Crippen LogP contribution in [0.2, 0.25) is 0 Å². The number of carbonyl (C=O) groups excluding carboxylic acids is 1. The number of anilines is 1. The van der Waals surface area contributed by atoms with Gasteiger partial charge >= 0.3 is 0 Å². The molecule has 124 valence electrons. The molecule has 0 saturated heterocycles. The summed E-state index contributed by atoms with van der Waals surface area (Å²) in [6, 6.07) is 7.50. The molecular weight excluding hydrogens is 312 g/mol. The number of allylic oxidation sites excluding steroid dienone is 2. The molecule has 0 aliphatic heterocycles. The van der Waals surface area contributed by atoms with Crippen molar-refractivity contribution in [3.8, 4) is 0 Å². The van der Waals surface area contributed by atoms with Gasteiger partial charge in [-0.25, -0.2) is 8.78 Å². The van der Waals surface area contributed by atoms with Gasteiger partial charge in [0.1, 0.15) is 5.69 Å². The number of benzene rings is 1. The normalized spacial score (nSPS) is 19.3. The summed E-state index contributed by atoms with van der Waals surface area (Å²) < 4.78 is 27.3. The van der Waals surface area contributed by atoms with Crippen LogP contribution in [0.3, 0.4) is 0 Å². The van der Waals surface area contributed by atoms with Gasteiger partial charge in [-0.2, -0.15) is 5.10 Å². The summed E-state index contributed by atoms with van der Waals surface area (Å²) >= 11 is 0. The Kier molecular flexibility index (Phi) is 3.48. The fraction of sp³-hybridized carbons (Fsp3) is 0.333. The Morgan fingerprint density at radius 1 is 1.33 bits per heavy atom. The van der Waals surface area contributed by atoms with E-state index in [1.807, 2.05) is 18.2 Å². The highest BCUT2D eigenvalue weighted by molar-refractivity contribution is 6.07. The molecule has 6 heteroatoms. The summed E-state index contributed by atoms with van der Waals surface area (Å²) in [4.78, 5) is 12.5. The fourth-order valence-electron chi connectivity index (χ4n) is 3.14. The van der Waals surface area contributed by atoms with Crippen molar-refractivity contribution < 1.29 is 13.6 Å². The molecule has 4 nitrogen and oxygen atoms in total. The van der Waals surface area contributed by atoms with Crippen molar-refractivity contribution in [2.24, 2.45) is 18.9 Å². The third-order valence-corrected chi connectivity index (χ3v) is 4.53. The number of halogens is 2. The monoisotopic (exact) mass is 329 g/mol. The Morgan fingerprint density at radius 2 is 2.08 bits per heavy atom. The molecule has 1 fully saturated rings. The molecule has 1 aromatic heterocycles. The number of amides is 1. The summed E-state index contributed by atoms with van der Waals surface area (Å²) in [6.07, 6.45) is 3.27. The van der Waals surface area contributed by atoms with E-state index in [-0.39, 0.29) is 5.56 Å². The minimum Gasteiger partial charge on any atom is -0.321 e. The van der Waals surface area contributed by atoms with Gasteiger partial charge in [-0.1, -0.05) is 24.3 Å². The molecule has 0 radical (unpaired) electrons. The topological polar surface area (TPSA) is 46.9 Å². The van der Waals surface area contributed by atoms with Gasteiger partial charge in [0.05, 0.1) is 5.56 Å². The summed E-state index contributed by atoms with van der Waals surface area (Å²) in [5, 5.41) is 6.45. The average Bonchev–Trinajstić information content (AvgIpc) is 3.44. The lowest BCUT2D eigenvalue weighted by molar-refractivity contribution is 0.101. The van der Waals surface area contributed by atoms with Crippen molar-refractivity contribution >= 4 is 17.2 Å². The lowest BCUT2D eigenvalue weighted by atomic mass is 10.0. The average molecular weight is 329 g/mol. The van der Waals surface area contributed by atoms with Crippen molar-refractivity contribution in [3.05, 3.63) is 53.4 Å². The first-order valence-corrected chi connectivity index (χ1v) is 7.98. The number of hydrogen-bond acceptors (Lipinski definition) is 2. The number of aryl methyl sites for hydroxylation is 1. The van der Waals surface area contributed by atoms with Crippen LogP contribution in [0.1, 0.15) is 40.9 Å². The molecule has 1 N–H and O–H groups in total. The van der Waals surface area contributed by atoms with Crippen LogP contribution >= 0.6 is 0 Å². The molecule has 0 spiro atoms. The van der Waals surface area contributed by atoms with Crippen LogP contribution in [0.15, 0.2) is 36.5 Å². The SMILES string of the molecule is Cn1cc(C(=O)Nc2ccccc2C2=CC2C2CC2)c(C(F)F)n1. The quantitative estimate of drug-likeness (QED) is 0.900. The van der Waals surface area contributed by atoms with Crippen LogP contribution < -0.4 is 5.32 Å². The molecule has 24 heavy (non-hydrogen) atoms. The molecule has 2 aromatic rings. The molecule has 1 unspecified atom stereocenters. The number of para-hydroxylation sites is 1. The maximum absolute atomic E-state index is 13.0. The Hall–Kier alpha value is -2.50. The van der Waals surface area contributed by atoms with Gasteiger partial charge < -0.3 is 5.32 Å². The minimum atomic E-state index is -2.78. The van der Waals surface area contributed by atoms with E-state index >= 15 is 0 Å². The molecule has 1 saturated carbocycles. The van der Waals surface area contributed by atoms with Crippen molar-refractivity contribution in [3.63, 3.8) is 0 Å². The van der Waals surface area contributed by atoms with Crippen LogP contribution in [0.4, 0.5) is 14.5 Å². The third kappa shape index (κ3) is 2.72. The van der Waals surface area contributed by atoms with E-state index in [1.54, 1.807) is 6.07 Å². The van der Waals surface area contributed by atoms with Crippen molar-refractivity contribution in [1.82, 2.24) is 9.78 Å². The largest absolute Gasteiger partial charge is 0.321 e. The second kappa shape index (κ2) is 5.54. The van der Waals surface area contributed by atoms with Gasteiger partial charge in [0.25, 0.3) is 12.3 Å². The van der Waals surface area contributed by atoms with Crippen LogP contribution in [0.25, 0.3) is 5.57 Å². The second-order valence-electron chi connectivity index (χ2n) is 6.39. The molecular formula is C18H17F2N3O. The first-order chi connectivity index (χ1) is 11.5. The molecule has 0 bridgehead atoms. The number of nitrogens with one attached hydrogen (secondary N) is 1. The summed E-state index contributed by atoms with van der Waals surface area (Å²) in [6.45, 7) is 0. The van der Waals surface area contributed by atoms with E-state index in [9.17, 15) is 13.6 Å². The van der Waals surface area contributed by atoms with Crippen LogP contribution in [-0.4, -0.2) is 15.7 Å². The van der Waals surface area contributed by atoms with Gasteiger partial charge in [0.15, 0.2) is 0 Å². The van der Waals surface area contributed by atoms with E-state index in [1.165, 1.54) is 36.3 Å². The van der Waals surface area contributed by atoms with Crippen LogP contribution in [0, 0.1) is 11.8 Å². The molecule has 1 heterocycles. The number of rotatable bonds is 5. The van der Waals surface area contributed by atoms with Gasteiger partial charge in [-0.3, -0.25) is 9.48 Å². The highest BCUT2D eigenvalue weighted by atomic mass is 19.3. The van der Waals surface area contributed by atoms with E-state index in [2.05, 4.69) is 16.5 Å². The van der Waals surface area contributed by atoms with Gasteiger partial charge in [0.2, 0.25) is 0 Å². The fourth-order valence-corrected chi connectivity index (χ4v) is 3.14. The van der Waals surface area contributed by atoms with Crippen molar-refractivity contribution in [2.45, 2.75) is 19.3 Å². The van der Waals surface area contributed by atoms with E-state index in [4.69, 9.17) is 0 Å². The summed E-state index contributed by atoms with van der Waals surface area (Å²) in [7, 11) is 1.52. The van der Waals surface area contributed by atoms with Gasteiger partial charge in [-0.15, -0.1) is 0 Å². The first kappa shape index (κ1) is 15.1. The Labute approximate surface area is 138 Å². The highest BCUT2D eigenvalue weighted by Gasteiger charge is 2.40. The van der Waals surface area contributed by atoms with E-state index in [0.717, 1.165) is 11.5 Å². The molecule has 2 aliphatic carbocycles. The van der Waals surface area contributed by atoms with E-state index < -0.39 is 18.0 Å². The molecule has 4 rings (SSSR count). The molecule has 1 atom stereocenters. The first-order valence-electron chi connectivity index (χ1n) is 7.98. The zero-order chi connectivity index (χ0) is 16.8. The second-order valence-corrected chi connectivity index (χ2v) is 6.39. The lowest BCUT2D eigenvalue weighted by Crippen LogP contribution is -2.14. The zero-order valence-electron chi connectivity index (χ0n) is 13.2. The minimum absolute atomic E-state index is 0.0918. The number of carbonyl (C=O) groups is 1. The molecule has 1 amide bonds. The predicted molar refractivity (Wildman–Crippen MR) is 86.8 cm³/mol. The van der Waals surface area contributed by atoms with Crippen LogP contribution in [0.5, 0.6) is 0 Å². The molecule has 1 aromatic carbocycles. The standard InChI is InChI=1S/C18H17F2N3O/c1-23-9-14(16(22-23)17(19)20)18(24)21-15-5-3-2-4-11(15)13-8-12(13)10-6-7-10/h2-5,8-10,12,17H,6-7H2,1H3,(H,21,24). The summed E-state index contributed by atoms with van der Waals surface area (Å²) in [5.74, 6) is 0.695. The Balaban J connectivity index is 1.58. The highest BCUT2D eigenvalue weighted by Crippen LogP contribution is 2.54. The Morgan fingerprint density at radius 3 is 2.79 bits per heavy atom. The predicted octanol–water partition coefficient (Wildman–Crippen LogP) is 4.03. The maximum atomic E-state index is 13.0. The van der Waals surface area contributed by atoms with Crippen LogP contribution in [-0.2, 0) is 7.05 Å². The smallest absolute Gasteiger partial charge is 0.282 e. The van der Waals surface area contributed by atoms with Gasteiger partial charge in [-0.05, 0) is 30.4 Å². The number of aromatic nitrogens is 2. The van der Waals surface area contributed by atoms with Crippen molar-refractivity contribution in [2.75, 3.05) is 5.32 Å². The van der Waals surface area contributed by atoms with Gasteiger partial charge in [0, 0.05) is 30.4 Å². The van der Waals surface area contributed by atoms with E-state index in [0.29, 0.717) is 11.6 Å². The molecule has 2 aliphatic rings. The number of nitrogens with zero attached hydrogens (tertiary/aromatic N) is 2. The lowest BCUT2D eigenvalue weighted by Gasteiger charge is -2.10. The third-order valence-electron chi connectivity index (χ3n) is 4.53. The maximum Gasteiger partial charge on any atom is 0.282 e.